The Kier molecular flexibility index (Phi) is 3.53. The zero-order valence-corrected chi connectivity index (χ0v) is 11.2. The van der Waals surface area contributed by atoms with Crippen molar-refractivity contribution >= 4 is 33.4 Å². The van der Waals surface area contributed by atoms with Crippen LogP contribution >= 0.6 is 27.5 Å². The lowest BCUT2D eigenvalue weighted by molar-refractivity contribution is 0.318. The summed E-state index contributed by atoms with van der Waals surface area (Å²) in [4.78, 5) is 0. The zero-order chi connectivity index (χ0) is 13.3. The van der Waals surface area contributed by atoms with Crippen LogP contribution in [-0.2, 0) is 0 Å². The second kappa shape index (κ2) is 4.95. The van der Waals surface area contributed by atoms with Crippen molar-refractivity contribution in [3.63, 3.8) is 0 Å². The first kappa shape index (κ1) is 12.8. The number of amidine groups is 1. The minimum Gasteiger partial charge on any atom is -0.409 e. The summed E-state index contributed by atoms with van der Waals surface area (Å²) >= 11 is 8.77. The monoisotopic (exact) mass is 332 g/mol. The van der Waals surface area contributed by atoms with Gasteiger partial charge in [-0.1, -0.05) is 16.8 Å². The lowest BCUT2D eigenvalue weighted by Crippen LogP contribution is -2.15. The van der Waals surface area contributed by atoms with Crippen molar-refractivity contribution in [3.05, 3.63) is 45.4 Å². The topological polar surface area (TPSA) is 76.4 Å². The number of nitrogens with zero attached hydrogens (tertiary/aromatic N) is 3. The van der Waals surface area contributed by atoms with E-state index in [1.54, 1.807) is 0 Å². The molecule has 94 valence electrons. The van der Waals surface area contributed by atoms with E-state index in [2.05, 4.69) is 26.2 Å². The Hall–Kier alpha value is -1.60. The molecule has 2 aromatic rings. The van der Waals surface area contributed by atoms with Gasteiger partial charge in [0.25, 0.3) is 0 Å². The average Bonchev–Trinajstić information content (AvgIpc) is 2.78. The predicted octanol–water partition coefficient (Wildman–Crippen LogP) is 2.52. The molecule has 0 bridgehead atoms. The first-order valence-corrected chi connectivity index (χ1v) is 5.88. The summed E-state index contributed by atoms with van der Waals surface area (Å²) in [5.74, 6) is -0.773. The third kappa shape index (κ3) is 2.19. The molecule has 0 unspecified atom stereocenters. The van der Waals surface area contributed by atoms with Gasteiger partial charge in [0.2, 0.25) is 0 Å². The van der Waals surface area contributed by atoms with Gasteiger partial charge in [-0.25, -0.2) is 9.07 Å². The van der Waals surface area contributed by atoms with Gasteiger partial charge in [-0.3, -0.25) is 0 Å². The van der Waals surface area contributed by atoms with E-state index >= 15 is 0 Å². The first-order chi connectivity index (χ1) is 8.54. The summed E-state index contributed by atoms with van der Waals surface area (Å²) in [7, 11) is 0. The number of rotatable bonds is 2. The Labute approximate surface area is 115 Å². The van der Waals surface area contributed by atoms with E-state index < -0.39 is 5.82 Å². The van der Waals surface area contributed by atoms with E-state index in [1.807, 2.05) is 0 Å². The molecule has 8 heteroatoms. The average molecular weight is 334 g/mol. The summed E-state index contributed by atoms with van der Waals surface area (Å²) in [6.07, 6.45) is 2.86. The van der Waals surface area contributed by atoms with E-state index in [9.17, 15) is 4.39 Å². The molecule has 0 aliphatic rings. The highest BCUT2D eigenvalue weighted by Crippen LogP contribution is 2.26. The van der Waals surface area contributed by atoms with Crippen LogP contribution in [0, 0.1) is 5.82 Å². The van der Waals surface area contributed by atoms with Crippen molar-refractivity contribution in [3.8, 4) is 5.69 Å². The maximum absolute atomic E-state index is 14.1. The number of benzene rings is 1. The van der Waals surface area contributed by atoms with E-state index in [1.165, 1.54) is 29.2 Å². The highest BCUT2D eigenvalue weighted by Gasteiger charge is 2.15. The molecule has 1 heterocycles. The molecule has 0 radical (unpaired) electrons. The fourth-order valence-corrected chi connectivity index (χ4v) is 2.07. The van der Waals surface area contributed by atoms with Crippen LogP contribution in [0.2, 0.25) is 5.02 Å². The SMILES string of the molecule is N/C(=N/O)c1ccc(-n2cc(Cl)cn2)c(F)c1Br. The molecular weight excluding hydrogens is 326 g/mol. The van der Waals surface area contributed by atoms with E-state index in [0.717, 1.165) is 0 Å². The normalized spacial score (nSPS) is 11.8. The molecule has 2 rings (SSSR count). The van der Waals surface area contributed by atoms with Gasteiger partial charge in [0.05, 0.1) is 15.7 Å². The molecule has 0 spiro atoms. The van der Waals surface area contributed by atoms with Gasteiger partial charge in [0.15, 0.2) is 11.7 Å². The number of oxime groups is 1. The molecule has 1 aromatic heterocycles. The quantitative estimate of drug-likeness (QED) is 0.384. The highest BCUT2D eigenvalue weighted by atomic mass is 79.9. The Morgan fingerprint density at radius 3 is 2.83 bits per heavy atom. The summed E-state index contributed by atoms with van der Waals surface area (Å²) in [6, 6.07) is 2.96. The van der Waals surface area contributed by atoms with Crippen LogP contribution in [0.25, 0.3) is 5.69 Å². The fourth-order valence-electron chi connectivity index (χ4n) is 1.40. The minimum atomic E-state index is -0.584. The van der Waals surface area contributed by atoms with Crippen LogP contribution in [-0.4, -0.2) is 20.8 Å². The summed E-state index contributed by atoms with van der Waals surface area (Å²) in [6.45, 7) is 0. The first-order valence-electron chi connectivity index (χ1n) is 4.71. The largest absolute Gasteiger partial charge is 0.409 e. The third-order valence-electron chi connectivity index (χ3n) is 2.24. The van der Waals surface area contributed by atoms with E-state index in [4.69, 9.17) is 22.5 Å². The molecule has 1 aromatic carbocycles. The fraction of sp³-hybridized carbons (Fsp3) is 0. The lowest BCUT2D eigenvalue weighted by atomic mass is 10.2. The van der Waals surface area contributed by atoms with Gasteiger partial charge in [0, 0.05) is 11.8 Å². The van der Waals surface area contributed by atoms with Gasteiger partial charge >= 0.3 is 0 Å². The second-order valence-corrected chi connectivity index (χ2v) is 4.58. The second-order valence-electron chi connectivity index (χ2n) is 3.35. The Bertz CT molecular complexity index is 628. The highest BCUT2D eigenvalue weighted by molar-refractivity contribution is 9.10. The van der Waals surface area contributed by atoms with Crippen molar-refractivity contribution in [2.24, 2.45) is 10.9 Å². The lowest BCUT2D eigenvalue weighted by Gasteiger charge is -2.08. The number of halogens is 3. The molecule has 18 heavy (non-hydrogen) atoms. The standard InChI is InChI=1S/C10H7BrClFN4O/c11-8-6(10(14)16-18)1-2-7(9(8)13)17-4-5(12)3-15-17/h1-4,18H,(H2,14,16). The van der Waals surface area contributed by atoms with Crippen molar-refractivity contribution in [1.29, 1.82) is 0 Å². The van der Waals surface area contributed by atoms with Crippen molar-refractivity contribution < 1.29 is 9.60 Å². The summed E-state index contributed by atoms with van der Waals surface area (Å²) in [5, 5.41) is 15.7. The molecule has 0 saturated carbocycles. The van der Waals surface area contributed by atoms with Crippen LogP contribution in [0.1, 0.15) is 5.56 Å². The predicted molar refractivity (Wildman–Crippen MR) is 68.7 cm³/mol. The van der Waals surface area contributed by atoms with E-state index in [-0.39, 0.29) is 21.6 Å². The molecule has 0 atom stereocenters. The molecular formula is C10H7BrClFN4O. The van der Waals surface area contributed by atoms with Crippen LogP contribution in [0.5, 0.6) is 0 Å². The smallest absolute Gasteiger partial charge is 0.171 e. The van der Waals surface area contributed by atoms with Gasteiger partial charge in [-0.05, 0) is 28.1 Å². The Morgan fingerprint density at radius 1 is 1.56 bits per heavy atom. The Balaban J connectivity index is 2.57. The van der Waals surface area contributed by atoms with Crippen molar-refractivity contribution in [2.45, 2.75) is 0 Å². The molecule has 5 nitrogen and oxygen atoms in total. The summed E-state index contributed by atoms with van der Waals surface area (Å²) in [5.41, 5.74) is 5.86. The minimum absolute atomic E-state index is 0.0851. The van der Waals surface area contributed by atoms with Crippen molar-refractivity contribution in [2.75, 3.05) is 0 Å². The van der Waals surface area contributed by atoms with Crippen LogP contribution in [0.3, 0.4) is 0 Å². The number of hydrogen-bond acceptors (Lipinski definition) is 3. The maximum Gasteiger partial charge on any atom is 0.171 e. The molecule has 0 aliphatic carbocycles. The molecule has 3 N–H and O–H groups in total. The van der Waals surface area contributed by atoms with Crippen LogP contribution in [0.15, 0.2) is 34.2 Å². The van der Waals surface area contributed by atoms with Crippen molar-refractivity contribution in [1.82, 2.24) is 9.78 Å². The Morgan fingerprint density at radius 2 is 2.28 bits per heavy atom. The zero-order valence-electron chi connectivity index (χ0n) is 8.81. The molecule has 0 saturated heterocycles. The van der Waals surface area contributed by atoms with Crippen LogP contribution in [0.4, 0.5) is 4.39 Å². The van der Waals surface area contributed by atoms with Gasteiger partial charge in [-0.2, -0.15) is 5.10 Å². The molecule has 0 amide bonds. The van der Waals surface area contributed by atoms with Gasteiger partial charge in [-0.15, -0.1) is 0 Å². The molecule has 0 aliphatic heterocycles. The van der Waals surface area contributed by atoms with Gasteiger partial charge in [0.1, 0.15) is 5.69 Å². The maximum atomic E-state index is 14.1. The van der Waals surface area contributed by atoms with Gasteiger partial charge < -0.3 is 10.9 Å². The molecule has 0 fully saturated rings. The number of aromatic nitrogens is 2. The van der Waals surface area contributed by atoms with E-state index in [0.29, 0.717) is 5.02 Å². The number of hydrogen-bond donors (Lipinski definition) is 2. The number of nitrogens with two attached hydrogens (primary N) is 1. The summed E-state index contributed by atoms with van der Waals surface area (Å²) < 4.78 is 15.5. The third-order valence-corrected chi connectivity index (χ3v) is 3.21. The van der Waals surface area contributed by atoms with Crippen LogP contribution < -0.4 is 5.73 Å².